The van der Waals surface area contributed by atoms with E-state index in [4.69, 9.17) is 34.6 Å². The summed E-state index contributed by atoms with van der Waals surface area (Å²) in [4.78, 5) is 70.7. The Bertz CT molecular complexity index is 2960. The molecule has 0 bridgehead atoms. The molecule has 83 heavy (non-hydrogen) atoms. The number of nitrogens with one attached hydrogen (secondary N) is 3. The Labute approximate surface area is 576 Å². The number of carbonyl (C=O) groups excluding carboxylic acids is 5. The molecule has 0 aromatic heterocycles. The molecule has 5 heterocycles. The van der Waals surface area contributed by atoms with Crippen LogP contribution in [-0.4, -0.2) is 139 Å². The van der Waals surface area contributed by atoms with E-state index in [-0.39, 0.29) is 183 Å². The summed E-state index contributed by atoms with van der Waals surface area (Å²) in [7, 11) is -6.10. The second-order valence-electron chi connectivity index (χ2n) is 23.8. The van der Waals surface area contributed by atoms with Crippen molar-refractivity contribution in [3.63, 3.8) is 0 Å². The molecular formula is C57H85K2N7O15S2. The zero-order valence-corrected chi connectivity index (χ0v) is 58.6. The molecule has 9 rings (SSSR count). The van der Waals surface area contributed by atoms with Gasteiger partial charge in [0.2, 0.25) is 20.0 Å². The first-order valence-electron chi connectivity index (χ1n) is 28.2. The third kappa shape index (κ3) is 18.4. The number of esters is 1. The molecule has 0 unspecified atom stereocenters. The molecule has 2 saturated carbocycles. The van der Waals surface area contributed by atoms with Crippen LogP contribution in [0.15, 0.2) is 22.1 Å². The van der Waals surface area contributed by atoms with Gasteiger partial charge in [-0.25, -0.2) is 30.2 Å². The number of piperidine rings is 2. The number of nitrogens with zero attached hydrogens (tertiary/aromatic N) is 4. The molecule has 7 aliphatic rings. The van der Waals surface area contributed by atoms with E-state index in [1.165, 1.54) is 8.61 Å². The molecule has 2 spiro atoms. The molecule has 3 amide bonds. The second kappa shape index (κ2) is 31.3. The average Bonchev–Trinajstić information content (AvgIpc) is 3.64. The van der Waals surface area contributed by atoms with E-state index < -0.39 is 42.8 Å². The Hall–Kier alpha value is -2.26. The van der Waals surface area contributed by atoms with Crippen LogP contribution >= 0.6 is 0 Å². The molecule has 0 atom stereocenters. The quantitative estimate of drug-likeness (QED) is 0.0338. The van der Waals surface area contributed by atoms with Crippen LogP contribution in [0.4, 0.5) is 10.5 Å². The van der Waals surface area contributed by atoms with Crippen molar-refractivity contribution in [2.45, 2.75) is 175 Å². The first-order chi connectivity index (χ1) is 38.1. The maximum atomic E-state index is 13.3. The van der Waals surface area contributed by atoms with Crippen molar-refractivity contribution in [1.82, 2.24) is 19.2 Å². The van der Waals surface area contributed by atoms with Crippen LogP contribution in [0.2, 0.25) is 0 Å². The maximum absolute atomic E-state index is 13.3. The first kappa shape index (κ1) is 73.2. The number of hydrogen-bond donors (Lipinski definition) is 5. The predicted octanol–water partition coefficient (Wildman–Crippen LogP) is -0.592. The SMILES string of the molecule is CO.Cc1cc(NC(=O)OC(C)(C)C)c(O)c(C)c1CCS(=O)(=O)N1CCC2(CC1)N=C(C1CCC(C)CC1)NC2=O.Cc1cc2c(c(C)c1CCS(=O)(=O)N1CCC3(CC1)N=C(C1CCC(C)CC1)NC3=O)OC(=O)C2.O=CO[O-].[H-].[K+].[K+]. The van der Waals surface area contributed by atoms with Gasteiger partial charge in [-0.3, -0.25) is 34.5 Å². The predicted molar refractivity (Wildman–Crippen MR) is 305 cm³/mol. The van der Waals surface area contributed by atoms with Crippen molar-refractivity contribution in [1.29, 1.82) is 0 Å². The van der Waals surface area contributed by atoms with Crippen molar-refractivity contribution in [3.8, 4) is 11.5 Å². The molecule has 4 fully saturated rings. The van der Waals surface area contributed by atoms with Gasteiger partial charge in [0.25, 0.3) is 18.3 Å². The van der Waals surface area contributed by atoms with Crippen molar-refractivity contribution in [2.24, 2.45) is 33.7 Å². The van der Waals surface area contributed by atoms with Gasteiger partial charge in [-0.15, -0.1) is 0 Å². The number of amides is 3. The van der Waals surface area contributed by atoms with Crippen molar-refractivity contribution >= 4 is 67.8 Å². The van der Waals surface area contributed by atoms with E-state index in [1.54, 1.807) is 33.8 Å². The summed E-state index contributed by atoms with van der Waals surface area (Å²) in [6.45, 7) is 18.0. The number of aliphatic hydroxyl groups is 1. The standard InChI is InChI=1S/C29H44N4O6S.C26H35N3O5S.CH2O3.CH4O.2K.H/c1-18-7-9-21(10-8-18)25-31-26(35)29(32-25)12-14-33(15-13-29)40(37,38)16-11-22-19(2)17-23(24(34)20(22)3)30-27(36)39-28(4,5)6;1-16-4-6-19(7-5-16)24-27-25(31)26(28-24)9-11-29(12-10-26)35(32,33)13-8-21-17(2)14-20-15-22(30)34-23(20)18(21)3;2-1-4-3;1-2;;;/h17-18,21,34H,7-16H2,1-6H3,(H,30,36)(H,31,32,35);14,16,19H,4-13,15H2,1-3H3,(H,27,28,31);1,3H;2H,1H3;;;/q;;;;2*+1;-1/p-1. The maximum Gasteiger partial charge on any atom is 1.00 e. The Morgan fingerprint density at radius 3 is 1.55 bits per heavy atom. The zero-order chi connectivity index (χ0) is 59.8. The molecule has 26 heteroatoms. The molecule has 2 aromatic carbocycles. The number of phenols is 1. The third-order valence-corrected chi connectivity index (χ3v) is 20.7. The summed E-state index contributed by atoms with van der Waals surface area (Å²) in [5, 5.41) is 34.8. The summed E-state index contributed by atoms with van der Waals surface area (Å²) in [5.41, 5.74) is 3.46. The summed E-state index contributed by atoms with van der Waals surface area (Å²) in [6.07, 6.45) is 10.5. The van der Waals surface area contributed by atoms with Gasteiger partial charge in [0.1, 0.15) is 39.8 Å². The van der Waals surface area contributed by atoms with Crippen LogP contribution in [0, 0.1) is 51.4 Å². The number of aliphatic imine (C=N–C) groups is 2. The molecule has 0 radical (unpaired) electrons. The second-order valence-corrected chi connectivity index (χ2v) is 27.9. The molecule has 2 saturated heterocycles. The van der Waals surface area contributed by atoms with E-state index in [0.717, 1.165) is 109 Å². The average molecular weight is 1250 g/mol. The molecule has 2 aromatic rings. The van der Waals surface area contributed by atoms with Crippen LogP contribution in [0.25, 0.3) is 0 Å². The number of benzene rings is 2. The number of aromatic hydroxyl groups is 1. The Kier molecular flexibility index (Phi) is 27.6. The van der Waals surface area contributed by atoms with Crippen LogP contribution in [0.1, 0.15) is 152 Å². The smallest absolute Gasteiger partial charge is 1.00 e. The fourth-order valence-corrected chi connectivity index (χ4v) is 15.1. The molecule has 2 aliphatic carbocycles. The number of rotatable bonds is 12. The monoisotopic (exact) mass is 1250 g/mol. The summed E-state index contributed by atoms with van der Waals surface area (Å²) >= 11 is 0. The van der Waals surface area contributed by atoms with Gasteiger partial charge >= 0.3 is 115 Å². The van der Waals surface area contributed by atoms with E-state index in [1.807, 2.05) is 26.8 Å². The number of aryl methyl sites for hydroxylation is 2. The van der Waals surface area contributed by atoms with Gasteiger partial charge < -0.3 is 41.9 Å². The minimum Gasteiger partial charge on any atom is -1.00 e. The van der Waals surface area contributed by atoms with Crippen LogP contribution in [0.3, 0.4) is 0 Å². The number of fused-ring (bicyclic) bond motifs is 1. The number of ether oxygens (including phenoxy) is 2. The number of sulfonamides is 2. The van der Waals surface area contributed by atoms with E-state index in [9.17, 15) is 41.1 Å². The van der Waals surface area contributed by atoms with Gasteiger partial charge in [0, 0.05) is 50.7 Å². The number of hydrogen-bond acceptors (Lipinski definition) is 17. The fraction of sp³-hybridized carbons (Fsp3) is 0.667. The van der Waals surface area contributed by atoms with Crippen molar-refractivity contribution in [2.75, 3.05) is 50.1 Å². The van der Waals surface area contributed by atoms with Crippen LogP contribution in [-0.2, 0) is 68.1 Å². The normalized spacial score (nSPS) is 22.8. The molecule has 5 aliphatic heterocycles. The van der Waals surface area contributed by atoms with Crippen molar-refractivity contribution < 1.29 is 175 Å². The van der Waals surface area contributed by atoms with E-state index in [2.05, 4.69) is 34.7 Å². The Balaban J connectivity index is 0.000000392. The number of phenolic OH excluding ortho intramolecular Hbond substituents is 1. The summed E-state index contributed by atoms with van der Waals surface area (Å²) in [5.74, 6) is 3.55. The fourth-order valence-electron chi connectivity index (χ4n) is 12.2. The summed E-state index contributed by atoms with van der Waals surface area (Å²) < 4.78 is 66.6. The minimum absolute atomic E-state index is 0. The number of carbonyl (C=O) groups is 5. The number of aliphatic hydroxyl groups excluding tert-OH is 1. The topological polar surface area (TPSA) is 312 Å². The molecular weight excluding hydrogens is 1160 g/mol. The van der Waals surface area contributed by atoms with Crippen LogP contribution in [0.5, 0.6) is 11.5 Å². The molecule has 5 N–H and O–H groups in total. The van der Waals surface area contributed by atoms with Gasteiger partial charge in [-0.1, -0.05) is 45.6 Å². The number of anilines is 1. The zero-order valence-electron chi connectivity index (χ0n) is 51.7. The third-order valence-electron chi connectivity index (χ3n) is 17.0. The van der Waals surface area contributed by atoms with Crippen molar-refractivity contribution in [3.05, 3.63) is 51.1 Å². The largest absolute Gasteiger partial charge is 1.00 e. The first-order valence-corrected chi connectivity index (χ1v) is 31.4. The molecule has 22 nitrogen and oxygen atoms in total. The van der Waals surface area contributed by atoms with E-state index >= 15 is 0 Å². The van der Waals surface area contributed by atoms with Crippen LogP contribution < -0.4 is 129 Å². The van der Waals surface area contributed by atoms with Gasteiger partial charge in [0.05, 0.1) is 23.6 Å². The Morgan fingerprint density at radius 2 is 1.16 bits per heavy atom. The van der Waals surface area contributed by atoms with Gasteiger partial charge in [-0.05, 0) is 164 Å². The minimum atomic E-state index is -3.60. The van der Waals surface area contributed by atoms with Gasteiger partial charge in [-0.2, -0.15) is 0 Å². The van der Waals surface area contributed by atoms with Gasteiger partial charge in [0.15, 0.2) is 0 Å². The molecule has 452 valence electrons. The van der Waals surface area contributed by atoms with E-state index in [0.29, 0.717) is 68.3 Å². The summed E-state index contributed by atoms with van der Waals surface area (Å²) in [6, 6.07) is 3.56. The Morgan fingerprint density at radius 1 is 0.759 bits per heavy atom. The number of amidine groups is 2.